The maximum Gasteiger partial charge on any atom is 0.213 e. The molecule has 0 aliphatic heterocycles. The molecule has 0 atom stereocenters. The molecular formula is C12H16N4O2S. The first-order chi connectivity index (χ1) is 8.99. The Morgan fingerprint density at radius 2 is 2.21 bits per heavy atom. The number of aromatic nitrogens is 4. The zero-order valence-corrected chi connectivity index (χ0v) is 11.9. The first kappa shape index (κ1) is 13.8. The summed E-state index contributed by atoms with van der Waals surface area (Å²) in [6.07, 6.45) is 3.31. The summed E-state index contributed by atoms with van der Waals surface area (Å²) in [4.78, 5) is 4.15. The van der Waals surface area contributed by atoms with Gasteiger partial charge in [-0.25, -0.2) is 4.98 Å². The maximum absolute atomic E-state index is 9.74. The molecule has 2 heterocycles. The zero-order valence-electron chi connectivity index (χ0n) is 11.1. The van der Waals surface area contributed by atoms with Crippen molar-refractivity contribution in [3.8, 4) is 11.6 Å². The van der Waals surface area contributed by atoms with Gasteiger partial charge in [0.05, 0.1) is 24.6 Å². The molecule has 0 aromatic carbocycles. The van der Waals surface area contributed by atoms with Gasteiger partial charge in [0.15, 0.2) is 5.16 Å². The summed E-state index contributed by atoms with van der Waals surface area (Å²) in [7, 11) is 1.57. The first-order valence-electron chi connectivity index (χ1n) is 5.75. The molecule has 0 spiro atoms. The Kier molecular flexibility index (Phi) is 4.06. The van der Waals surface area contributed by atoms with Crippen LogP contribution in [0.3, 0.4) is 0 Å². The Balaban J connectivity index is 2.18. The quantitative estimate of drug-likeness (QED) is 0.837. The number of nitrogens with zero attached hydrogens (tertiary/aromatic N) is 4. The lowest BCUT2D eigenvalue weighted by Crippen LogP contribution is -2.22. The molecule has 0 radical (unpaired) electrons. The average molecular weight is 280 g/mol. The fourth-order valence-electron chi connectivity index (χ4n) is 1.38. The van der Waals surface area contributed by atoms with Gasteiger partial charge in [0.2, 0.25) is 5.88 Å². The van der Waals surface area contributed by atoms with Gasteiger partial charge in [0, 0.05) is 11.8 Å². The van der Waals surface area contributed by atoms with Crippen LogP contribution in [0.2, 0.25) is 0 Å². The molecule has 2 aromatic rings. The van der Waals surface area contributed by atoms with Gasteiger partial charge in [0.1, 0.15) is 6.33 Å². The van der Waals surface area contributed by atoms with Gasteiger partial charge in [0.25, 0.3) is 0 Å². The lowest BCUT2D eigenvalue weighted by atomic mass is 10.2. The molecule has 0 unspecified atom stereocenters. The Morgan fingerprint density at radius 3 is 2.79 bits per heavy atom. The van der Waals surface area contributed by atoms with Crippen LogP contribution < -0.4 is 4.74 Å². The zero-order chi connectivity index (χ0) is 13.9. The number of thioether (sulfide) groups is 1. The summed E-state index contributed by atoms with van der Waals surface area (Å²) in [5, 5.41) is 18.4. The Bertz CT molecular complexity index is 533. The summed E-state index contributed by atoms with van der Waals surface area (Å²) in [6, 6.07) is 3.66. The number of rotatable bonds is 5. The third-order valence-electron chi connectivity index (χ3n) is 2.28. The molecule has 0 bridgehead atoms. The number of ether oxygens (including phenoxy) is 1. The van der Waals surface area contributed by atoms with E-state index in [9.17, 15) is 5.11 Å². The Hall–Kier alpha value is -1.60. The maximum atomic E-state index is 9.74. The van der Waals surface area contributed by atoms with E-state index in [-0.39, 0.29) is 0 Å². The third-order valence-corrected chi connectivity index (χ3v) is 3.67. The molecule has 0 aliphatic rings. The van der Waals surface area contributed by atoms with Crippen LogP contribution in [0.1, 0.15) is 13.8 Å². The fourth-order valence-corrected chi connectivity index (χ4v) is 2.26. The minimum absolute atomic E-state index is 0.537. The van der Waals surface area contributed by atoms with Crippen LogP contribution in [-0.2, 0) is 0 Å². The molecule has 0 saturated heterocycles. The van der Waals surface area contributed by atoms with E-state index in [1.807, 2.05) is 10.6 Å². The van der Waals surface area contributed by atoms with Gasteiger partial charge in [-0.1, -0.05) is 11.8 Å². The first-order valence-corrected chi connectivity index (χ1v) is 6.74. The summed E-state index contributed by atoms with van der Waals surface area (Å²) >= 11 is 1.45. The molecule has 0 amide bonds. The van der Waals surface area contributed by atoms with Crippen LogP contribution in [0.25, 0.3) is 5.69 Å². The molecular weight excluding hydrogens is 264 g/mol. The van der Waals surface area contributed by atoms with Gasteiger partial charge in [-0.05, 0) is 19.9 Å². The molecule has 19 heavy (non-hydrogen) atoms. The van der Waals surface area contributed by atoms with E-state index in [1.165, 1.54) is 11.8 Å². The van der Waals surface area contributed by atoms with E-state index in [1.54, 1.807) is 39.5 Å². The third kappa shape index (κ3) is 3.68. The lowest BCUT2D eigenvalue weighted by Gasteiger charge is -2.15. The van der Waals surface area contributed by atoms with Crippen LogP contribution in [0.4, 0.5) is 0 Å². The minimum atomic E-state index is -0.750. The van der Waals surface area contributed by atoms with Crippen molar-refractivity contribution in [2.45, 2.75) is 24.6 Å². The number of methoxy groups -OCH3 is 1. The van der Waals surface area contributed by atoms with Crippen molar-refractivity contribution in [3.63, 3.8) is 0 Å². The van der Waals surface area contributed by atoms with Crippen molar-refractivity contribution >= 4 is 11.8 Å². The Morgan fingerprint density at radius 1 is 1.42 bits per heavy atom. The lowest BCUT2D eigenvalue weighted by molar-refractivity contribution is 0.107. The molecule has 0 aliphatic carbocycles. The SMILES string of the molecule is COc1ccc(-n2cnnc2SCC(C)(C)O)cn1. The monoisotopic (exact) mass is 280 g/mol. The van der Waals surface area contributed by atoms with Gasteiger partial charge in [-0.15, -0.1) is 10.2 Å². The van der Waals surface area contributed by atoms with E-state index >= 15 is 0 Å². The normalized spacial score (nSPS) is 11.6. The van der Waals surface area contributed by atoms with Crippen molar-refractivity contribution in [3.05, 3.63) is 24.7 Å². The molecule has 0 saturated carbocycles. The molecule has 1 N–H and O–H groups in total. The van der Waals surface area contributed by atoms with Gasteiger partial charge < -0.3 is 9.84 Å². The summed E-state index contributed by atoms with van der Waals surface area (Å²) in [6.45, 7) is 3.52. The second-order valence-corrected chi connectivity index (χ2v) is 5.59. The van der Waals surface area contributed by atoms with Crippen molar-refractivity contribution in [2.24, 2.45) is 0 Å². The molecule has 2 aromatic heterocycles. The highest BCUT2D eigenvalue weighted by atomic mass is 32.2. The highest BCUT2D eigenvalue weighted by Gasteiger charge is 2.16. The second-order valence-electron chi connectivity index (χ2n) is 4.64. The number of hydrogen-bond acceptors (Lipinski definition) is 6. The van der Waals surface area contributed by atoms with Crippen LogP contribution in [-0.4, -0.2) is 43.3 Å². The highest BCUT2D eigenvalue weighted by Crippen LogP contribution is 2.23. The average Bonchev–Trinajstić information content (AvgIpc) is 2.84. The van der Waals surface area contributed by atoms with Gasteiger partial charge in [-0.2, -0.15) is 0 Å². The number of hydrogen-bond donors (Lipinski definition) is 1. The molecule has 2 rings (SSSR count). The predicted molar refractivity (Wildman–Crippen MR) is 72.7 cm³/mol. The molecule has 0 fully saturated rings. The van der Waals surface area contributed by atoms with Gasteiger partial charge >= 0.3 is 0 Å². The van der Waals surface area contributed by atoms with E-state index in [2.05, 4.69) is 15.2 Å². The summed E-state index contributed by atoms with van der Waals surface area (Å²) < 4.78 is 6.84. The number of pyridine rings is 1. The highest BCUT2D eigenvalue weighted by molar-refractivity contribution is 7.99. The smallest absolute Gasteiger partial charge is 0.213 e. The van der Waals surface area contributed by atoms with E-state index in [4.69, 9.17) is 4.74 Å². The minimum Gasteiger partial charge on any atom is -0.481 e. The number of aliphatic hydroxyl groups is 1. The topological polar surface area (TPSA) is 73.1 Å². The molecule has 6 nitrogen and oxygen atoms in total. The van der Waals surface area contributed by atoms with Crippen molar-refractivity contribution in [2.75, 3.05) is 12.9 Å². The fraction of sp³-hybridized carbons (Fsp3) is 0.417. The van der Waals surface area contributed by atoms with Crippen LogP contribution >= 0.6 is 11.8 Å². The van der Waals surface area contributed by atoms with Crippen molar-refractivity contribution < 1.29 is 9.84 Å². The van der Waals surface area contributed by atoms with E-state index < -0.39 is 5.60 Å². The van der Waals surface area contributed by atoms with Crippen molar-refractivity contribution in [1.82, 2.24) is 19.7 Å². The molecule has 7 heteroatoms. The van der Waals surface area contributed by atoms with E-state index in [0.29, 0.717) is 16.8 Å². The summed E-state index contributed by atoms with van der Waals surface area (Å²) in [5.41, 5.74) is 0.101. The van der Waals surface area contributed by atoms with Crippen LogP contribution in [0.5, 0.6) is 5.88 Å². The summed E-state index contributed by atoms with van der Waals surface area (Å²) in [5.74, 6) is 1.09. The van der Waals surface area contributed by atoms with Gasteiger partial charge in [-0.3, -0.25) is 4.57 Å². The van der Waals surface area contributed by atoms with Crippen LogP contribution in [0.15, 0.2) is 29.8 Å². The largest absolute Gasteiger partial charge is 0.481 e. The predicted octanol–water partition coefficient (Wildman–Crippen LogP) is 1.53. The van der Waals surface area contributed by atoms with Crippen molar-refractivity contribution in [1.29, 1.82) is 0 Å². The van der Waals surface area contributed by atoms with E-state index in [0.717, 1.165) is 5.69 Å². The second kappa shape index (κ2) is 5.58. The molecule has 102 valence electrons. The van der Waals surface area contributed by atoms with Crippen LogP contribution in [0, 0.1) is 0 Å². The Labute approximate surface area is 115 Å². The standard InChI is InChI=1S/C12H16N4O2S/c1-12(2,17)7-19-11-15-14-8-16(11)9-4-5-10(18-3)13-6-9/h4-6,8,17H,7H2,1-3H3.